The maximum absolute atomic E-state index is 5.57. The molecule has 72 valence electrons. The number of thioether (sulfide) groups is 1. The summed E-state index contributed by atoms with van der Waals surface area (Å²) < 4.78 is 0. The average molecular weight is 215 g/mol. The maximum atomic E-state index is 5.57. The Hall–Kier alpha value is -0.420. The van der Waals surface area contributed by atoms with Gasteiger partial charge in [0.2, 0.25) is 0 Å². The molecule has 1 aliphatic heterocycles. The van der Waals surface area contributed by atoms with Crippen molar-refractivity contribution < 1.29 is 0 Å². The Morgan fingerprint density at radius 2 is 2.62 bits per heavy atom. The van der Waals surface area contributed by atoms with Crippen molar-refractivity contribution in [1.29, 1.82) is 0 Å². The largest absolute Gasteiger partial charge is 0.389 e. The van der Waals surface area contributed by atoms with Crippen LogP contribution in [0.5, 0.6) is 0 Å². The van der Waals surface area contributed by atoms with Gasteiger partial charge in [-0.3, -0.25) is 0 Å². The molecule has 3 nitrogen and oxygen atoms in total. The Kier molecular flexibility index (Phi) is 2.95. The molecule has 0 bridgehead atoms. The lowest BCUT2D eigenvalue weighted by Crippen LogP contribution is -2.13. The zero-order chi connectivity index (χ0) is 9.10. The number of nitrogens with two attached hydrogens (primary N) is 1. The maximum Gasteiger partial charge on any atom is 0.184 e. The van der Waals surface area contributed by atoms with E-state index in [0.717, 1.165) is 22.6 Å². The summed E-state index contributed by atoms with van der Waals surface area (Å²) in [6.45, 7) is 1.04. The molecule has 1 fully saturated rings. The topological polar surface area (TPSA) is 50.9 Å². The van der Waals surface area contributed by atoms with Gasteiger partial charge in [-0.15, -0.1) is 0 Å². The highest BCUT2D eigenvalue weighted by molar-refractivity contribution is 7.99. The summed E-state index contributed by atoms with van der Waals surface area (Å²) in [5, 5.41) is 5.06. The van der Waals surface area contributed by atoms with E-state index in [9.17, 15) is 0 Å². The number of nitrogen functional groups attached to an aromatic ring is 1. The van der Waals surface area contributed by atoms with E-state index in [4.69, 9.17) is 5.73 Å². The molecule has 1 aromatic rings. The van der Waals surface area contributed by atoms with E-state index in [1.54, 1.807) is 6.20 Å². The molecule has 0 spiro atoms. The lowest BCUT2D eigenvalue weighted by molar-refractivity contribution is 0.631. The van der Waals surface area contributed by atoms with Crippen LogP contribution in [0.2, 0.25) is 0 Å². The third kappa shape index (κ3) is 2.51. The minimum atomic E-state index is 0.781. The number of aromatic nitrogens is 1. The van der Waals surface area contributed by atoms with Crippen LogP contribution in [0.1, 0.15) is 6.42 Å². The van der Waals surface area contributed by atoms with Gasteiger partial charge in [-0.2, -0.15) is 11.8 Å². The number of rotatable bonds is 3. The fraction of sp³-hybridized carbons (Fsp3) is 0.625. The van der Waals surface area contributed by atoms with Crippen molar-refractivity contribution >= 4 is 33.2 Å². The molecule has 1 saturated heterocycles. The number of hydrogen-bond acceptors (Lipinski definition) is 5. The van der Waals surface area contributed by atoms with E-state index in [0.29, 0.717) is 0 Å². The Labute approximate surface area is 86.1 Å². The number of nitrogens with zero attached hydrogens (tertiary/aromatic N) is 1. The lowest BCUT2D eigenvalue weighted by atomic mass is 10.1. The quantitative estimate of drug-likeness (QED) is 0.808. The number of anilines is 2. The SMILES string of the molecule is Nc1cnc(NCC2CCSC2)s1. The molecule has 2 heterocycles. The fourth-order valence-corrected chi connectivity index (χ4v) is 3.22. The second-order valence-corrected chi connectivity index (χ2v) is 5.39. The molecular weight excluding hydrogens is 202 g/mol. The first kappa shape index (κ1) is 9.15. The zero-order valence-corrected chi connectivity index (χ0v) is 8.96. The van der Waals surface area contributed by atoms with Crippen LogP contribution in [0.25, 0.3) is 0 Å². The molecule has 1 aliphatic rings. The van der Waals surface area contributed by atoms with Gasteiger partial charge in [0.25, 0.3) is 0 Å². The lowest BCUT2D eigenvalue weighted by Gasteiger charge is -2.07. The van der Waals surface area contributed by atoms with Crippen molar-refractivity contribution in [2.45, 2.75) is 6.42 Å². The van der Waals surface area contributed by atoms with Gasteiger partial charge < -0.3 is 11.1 Å². The van der Waals surface area contributed by atoms with E-state index in [1.165, 1.54) is 29.3 Å². The molecule has 3 N–H and O–H groups in total. The second kappa shape index (κ2) is 4.19. The van der Waals surface area contributed by atoms with E-state index >= 15 is 0 Å². The van der Waals surface area contributed by atoms with Gasteiger partial charge >= 0.3 is 0 Å². The van der Waals surface area contributed by atoms with Crippen molar-refractivity contribution in [3.8, 4) is 0 Å². The third-order valence-electron chi connectivity index (χ3n) is 2.09. The first-order valence-electron chi connectivity index (χ1n) is 4.37. The van der Waals surface area contributed by atoms with Crippen LogP contribution >= 0.6 is 23.1 Å². The normalized spacial score (nSPS) is 22.0. The smallest absolute Gasteiger partial charge is 0.184 e. The predicted octanol–water partition coefficient (Wildman–Crippen LogP) is 1.89. The third-order valence-corrected chi connectivity index (χ3v) is 4.11. The molecule has 2 rings (SSSR count). The molecule has 5 heteroatoms. The fourth-order valence-electron chi connectivity index (χ4n) is 1.34. The standard InChI is InChI=1S/C8H13N3S2/c9-7-4-11-8(13-7)10-3-6-1-2-12-5-6/h4,6H,1-3,5,9H2,(H,10,11). The predicted molar refractivity (Wildman–Crippen MR) is 60.4 cm³/mol. The van der Waals surface area contributed by atoms with Gasteiger partial charge in [-0.1, -0.05) is 11.3 Å². The number of nitrogens with one attached hydrogen (secondary N) is 1. The Morgan fingerprint density at radius 3 is 3.23 bits per heavy atom. The van der Waals surface area contributed by atoms with Crippen molar-refractivity contribution in [3.05, 3.63) is 6.20 Å². The minimum absolute atomic E-state index is 0.781. The van der Waals surface area contributed by atoms with E-state index < -0.39 is 0 Å². The number of hydrogen-bond donors (Lipinski definition) is 2. The first-order chi connectivity index (χ1) is 6.34. The molecule has 1 atom stereocenters. The van der Waals surface area contributed by atoms with Crippen LogP contribution in [0.4, 0.5) is 10.1 Å². The highest BCUT2D eigenvalue weighted by Gasteiger charge is 2.15. The molecule has 1 aromatic heterocycles. The van der Waals surface area contributed by atoms with Crippen molar-refractivity contribution in [3.63, 3.8) is 0 Å². The summed E-state index contributed by atoms with van der Waals surface area (Å²) >= 11 is 3.56. The highest BCUT2D eigenvalue weighted by Crippen LogP contribution is 2.25. The van der Waals surface area contributed by atoms with Gasteiger partial charge in [0.1, 0.15) is 5.00 Å². The highest BCUT2D eigenvalue weighted by atomic mass is 32.2. The van der Waals surface area contributed by atoms with Crippen molar-refractivity contribution in [1.82, 2.24) is 4.98 Å². The van der Waals surface area contributed by atoms with Crippen LogP contribution in [0.15, 0.2) is 6.20 Å². The molecule has 0 saturated carbocycles. The number of thiazole rings is 1. The van der Waals surface area contributed by atoms with Gasteiger partial charge in [0, 0.05) is 6.54 Å². The summed E-state index contributed by atoms with van der Waals surface area (Å²) in [4.78, 5) is 4.15. The van der Waals surface area contributed by atoms with Gasteiger partial charge in [-0.25, -0.2) is 4.98 Å². The van der Waals surface area contributed by atoms with Crippen molar-refractivity contribution in [2.75, 3.05) is 29.1 Å². The Bertz CT molecular complexity index is 268. The Morgan fingerprint density at radius 1 is 1.69 bits per heavy atom. The monoisotopic (exact) mass is 215 g/mol. The summed E-state index contributed by atoms with van der Waals surface area (Å²) in [6.07, 6.45) is 3.04. The van der Waals surface area contributed by atoms with E-state index in [2.05, 4.69) is 10.3 Å². The first-order valence-corrected chi connectivity index (χ1v) is 6.34. The summed E-state index contributed by atoms with van der Waals surface area (Å²) in [7, 11) is 0. The van der Waals surface area contributed by atoms with Crippen molar-refractivity contribution in [2.24, 2.45) is 5.92 Å². The molecule has 0 radical (unpaired) electrons. The van der Waals surface area contributed by atoms with Crippen LogP contribution < -0.4 is 11.1 Å². The minimum Gasteiger partial charge on any atom is -0.389 e. The zero-order valence-electron chi connectivity index (χ0n) is 7.32. The van der Waals surface area contributed by atoms with Crippen LogP contribution in [-0.2, 0) is 0 Å². The average Bonchev–Trinajstić information content (AvgIpc) is 2.71. The molecule has 0 aromatic carbocycles. The second-order valence-electron chi connectivity index (χ2n) is 3.18. The van der Waals surface area contributed by atoms with Crippen LogP contribution in [0.3, 0.4) is 0 Å². The summed E-state index contributed by atoms with van der Waals surface area (Å²) in [5.41, 5.74) is 5.57. The van der Waals surface area contributed by atoms with Crippen LogP contribution in [0, 0.1) is 5.92 Å². The van der Waals surface area contributed by atoms with Gasteiger partial charge in [0.15, 0.2) is 5.13 Å². The molecule has 0 amide bonds. The van der Waals surface area contributed by atoms with E-state index in [1.807, 2.05) is 11.8 Å². The Balaban J connectivity index is 1.78. The summed E-state index contributed by atoms with van der Waals surface area (Å²) in [6, 6.07) is 0. The molecule has 0 aliphatic carbocycles. The molecule has 13 heavy (non-hydrogen) atoms. The summed E-state index contributed by atoms with van der Waals surface area (Å²) in [5.74, 6) is 3.41. The van der Waals surface area contributed by atoms with Gasteiger partial charge in [0.05, 0.1) is 6.20 Å². The molecular formula is C8H13N3S2. The van der Waals surface area contributed by atoms with E-state index in [-0.39, 0.29) is 0 Å². The van der Waals surface area contributed by atoms with Gasteiger partial charge in [-0.05, 0) is 23.8 Å². The van der Waals surface area contributed by atoms with Crippen LogP contribution in [-0.4, -0.2) is 23.0 Å². The molecule has 1 unspecified atom stereocenters.